The third-order valence-corrected chi connectivity index (χ3v) is 5.28. The van der Waals surface area contributed by atoms with Crippen LogP contribution in [-0.4, -0.2) is 25.1 Å². The maximum absolute atomic E-state index is 12.5. The van der Waals surface area contributed by atoms with E-state index in [1.807, 2.05) is 39.0 Å². The number of aryl methyl sites for hydroxylation is 2. The van der Waals surface area contributed by atoms with Crippen LogP contribution in [-0.2, 0) is 16.1 Å². The average molecular weight is 489 g/mol. The summed E-state index contributed by atoms with van der Waals surface area (Å²) in [6.07, 6.45) is 2.93. The number of furan rings is 1. The molecule has 1 aromatic heterocycles. The number of carbonyl (C=O) groups excluding carboxylic acids is 2. The summed E-state index contributed by atoms with van der Waals surface area (Å²) in [6, 6.07) is 14.0. The standard InChI is InChI=1S/C28H28N2O6/c1-5-33-26-14-21(13-22(15-29)28(32)30-16-23-7-6-10-34-23)8-9-24(26)36-27(31)17-35-25-12-18(2)11-19(3)20(25)4/h6-14H,5,16-17H2,1-4H3,(H,30,32)/b22-13+. The molecule has 2 aromatic carbocycles. The highest BCUT2D eigenvalue weighted by atomic mass is 16.6. The molecule has 1 heterocycles. The molecule has 36 heavy (non-hydrogen) atoms. The first kappa shape index (κ1) is 26.1. The van der Waals surface area contributed by atoms with E-state index in [0.717, 1.165) is 16.7 Å². The monoisotopic (exact) mass is 488 g/mol. The van der Waals surface area contributed by atoms with Crippen molar-refractivity contribution >= 4 is 18.0 Å². The van der Waals surface area contributed by atoms with E-state index in [-0.39, 0.29) is 24.5 Å². The Kier molecular flexibility index (Phi) is 8.89. The van der Waals surface area contributed by atoms with Gasteiger partial charge in [-0.2, -0.15) is 5.26 Å². The highest BCUT2D eigenvalue weighted by molar-refractivity contribution is 6.01. The minimum absolute atomic E-state index is 0.0917. The maximum atomic E-state index is 12.5. The van der Waals surface area contributed by atoms with Crippen LogP contribution in [0.1, 0.15) is 34.9 Å². The summed E-state index contributed by atoms with van der Waals surface area (Å²) >= 11 is 0. The predicted octanol–water partition coefficient (Wildman–Crippen LogP) is 4.81. The Morgan fingerprint density at radius 3 is 2.56 bits per heavy atom. The van der Waals surface area contributed by atoms with Crippen LogP contribution in [0.5, 0.6) is 17.2 Å². The fraction of sp³-hybridized carbons (Fsp3) is 0.250. The molecule has 8 heteroatoms. The summed E-state index contributed by atoms with van der Waals surface area (Å²) in [5, 5.41) is 12.1. The molecule has 1 N–H and O–H groups in total. The minimum Gasteiger partial charge on any atom is -0.490 e. The van der Waals surface area contributed by atoms with E-state index in [9.17, 15) is 14.9 Å². The molecule has 0 saturated heterocycles. The molecular weight excluding hydrogens is 460 g/mol. The number of nitrogens with zero attached hydrogens (tertiary/aromatic N) is 1. The van der Waals surface area contributed by atoms with Crippen molar-refractivity contribution in [3.05, 3.63) is 82.3 Å². The Hall–Kier alpha value is -4.51. The summed E-state index contributed by atoms with van der Waals surface area (Å²) in [7, 11) is 0. The largest absolute Gasteiger partial charge is 0.490 e. The Bertz CT molecular complexity index is 1300. The first-order valence-corrected chi connectivity index (χ1v) is 11.4. The summed E-state index contributed by atoms with van der Waals surface area (Å²) in [5.41, 5.74) is 3.51. The van der Waals surface area contributed by atoms with Crippen LogP contribution in [0.25, 0.3) is 6.08 Å². The zero-order chi connectivity index (χ0) is 26.1. The summed E-state index contributed by atoms with van der Waals surface area (Å²) in [5.74, 6) is 0.580. The van der Waals surface area contributed by atoms with Crippen molar-refractivity contribution < 1.29 is 28.2 Å². The van der Waals surface area contributed by atoms with Gasteiger partial charge in [0.2, 0.25) is 0 Å². The molecule has 0 bridgehead atoms. The smallest absolute Gasteiger partial charge is 0.349 e. The lowest BCUT2D eigenvalue weighted by Gasteiger charge is -2.14. The number of hydrogen-bond donors (Lipinski definition) is 1. The van der Waals surface area contributed by atoms with Gasteiger partial charge in [0.25, 0.3) is 5.91 Å². The van der Waals surface area contributed by atoms with Gasteiger partial charge in [-0.15, -0.1) is 0 Å². The van der Waals surface area contributed by atoms with Gasteiger partial charge >= 0.3 is 5.97 Å². The van der Waals surface area contributed by atoms with Crippen molar-refractivity contribution in [3.8, 4) is 23.3 Å². The molecule has 0 aliphatic heterocycles. The zero-order valence-electron chi connectivity index (χ0n) is 20.7. The van der Waals surface area contributed by atoms with Gasteiger partial charge in [-0.1, -0.05) is 12.1 Å². The van der Waals surface area contributed by atoms with Crippen molar-refractivity contribution in [2.75, 3.05) is 13.2 Å². The number of hydrogen-bond acceptors (Lipinski definition) is 7. The predicted molar refractivity (Wildman–Crippen MR) is 134 cm³/mol. The lowest BCUT2D eigenvalue weighted by molar-refractivity contribution is -0.136. The second-order valence-corrected chi connectivity index (χ2v) is 8.04. The van der Waals surface area contributed by atoms with Crippen molar-refractivity contribution in [1.82, 2.24) is 5.32 Å². The van der Waals surface area contributed by atoms with Crippen LogP contribution in [0.15, 0.2) is 58.7 Å². The molecule has 0 fully saturated rings. The quantitative estimate of drug-likeness (QED) is 0.189. The Labute approximate surface area is 210 Å². The molecule has 0 saturated carbocycles. The number of rotatable bonds is 10. The number of amides is 1. The van der Waals surface area contributed by atoms with Crippen LogP contribution in [0, 0.1) is 32.1 Å². The van der Waals surface area contributed by atoms with Crippen molar-refractivity contribution in [2.45, 2.75) is 34.2 Å². The van der Waals surface area contributed by atoms with Gasteiger partial charge in [-0.25, -0.2) is 4.79 Å². The minimum atomic E-state index is -0.590. The molecule has 1 amide bonds. The van der Waals surface area contributed by atoms with Gasteiger partial charge in [0.05, 0.1) is 19.4 Å². The SMILES string of the molecule is CCOc1cc(/C=C(\C#N)C(=O)NCc2ccco2)ccc1OC(=O)COc1cc(C)cc(C)c1C. The first-order valence-electron chi connectivity index (χ1n) is 11.4. The molecule has 0 radical (unpaired) electrons. The van der Waals surface area contributed by atoms with Gasteiger partial charge in [0.1, 0.15) is 23.2 Å². The number of ether oxygens (including phenoxy) is 3. The summed E-state index contributed by atoms with van der Waals surface area (Å²) < 4.78 is 22.0. The van der Waals surface area contributed by atoms with Crippen LogP contribution < -0.4 is 19.5 Å². The van der Waals surface area contributed by atoms with Gasteiger partial charge < -0.3 is 23.9 Å². The third-order valence-electron chi connectivity index (χ3n) is 5.28. The van der Waals surface area contributed by atoms with E-state index in [0.29, 0.717) is 29.4 Å². The molecular formula is C28H28N2O6. The van der Waals surface area contributed by atoms with Crippen LogP contribution in [0.2, 0.25) is 0 Å². The fourth-order valence-electron chi connectivity index (χ4n) is 3.40. The van der Waals surface area contributed by atoms with E-state index in [1.165, 1.54) is 12.3 Å². The van der Waals surface area contributed by atoms with Gasteiger partial charge in [0.15, 0.2) is 18.1 Å². The van der Waals surface area contributed by atoms with E-state index in [4.69, 9.17) is 18.6 Å². The van der Waals surface area contributed by atoms with Gasteiger partial charge in [0, 0.05) is 0 Å². The van der Waals surface area contributed by atoms with Crippen molar-refractivity contribution in [3.63, 3.8) is 0 Å². The first-order chi connectivity index (χ1) is 17.3. The average Bonchev–Trinajstić information content (AvgIpc) is 3.37. The molecule has 0 aliphatic carbocycles. The number of nitrogens with one attached hydrogen (secondary N) is 1. The van der Waals surface area contributed by atoms with Gasteiger partial charge in [-0.3, -0.25) is 4.79 Å². The number of benzene rings is 2. The molecule has 0 unspecified atom stereocenters. The van der Waals surface area contributed by atoms with Crippen LogP contribution in [0.4, 0.5) is 0 Å². The van der Waals surface area contributed by atoms with E-state index < -0.39 is 11.9 Å². The van der Waals surface area contributed by atoms with Crippen LogP contribution >= 0.6 is 0 Å². The van der Waals surface area contributed by atoms with Crippen molar-refractivity contribution in [1.29, 1.82) is 5.26 Å². The normalized spacial score (nSPS) is 10.9. The number of nitriles is 1. The second kappa shape index (κ2) is 12.3. The van der Waals surface area contributed by atoms with Gasteiger partial charge in [-0.05, 0) is 86.4 Å². The van der Waals surface area contributed by atoms with Crippen LogP contribution in [0.3, 0.4) is 0 Å². The molecule has 3 aromatic rings. The maximum Gasteiger partial charge on any atom is 0.349 e. The molecule has 186 valence electrons. The van der Waals surface area contributed by atoms with E-state index in [1.54, 1.807) is 37.3 Å². The summed E-state index contributed by atoms with van der Waals surface area (Å²) in [6.45, 7) is 7.88. The van der Waals surface area contributed by atoms with E-state index >= 15 is 0 Å². The lowest BCUT2D eigenvalue weighted by Crippen LogP contribution is -2.23. The van der Waals surface area contributed by atoms with Crippen molar-refractivity contribution in [2.24, 2.45) is 0 Å². The molecule has 0 spiro atoms. The molecule has 8 nitrogen and oxygen atoms in total. The Morgan fingerprint density at radius 2 is 1.86 bits per heavy atom. The highest BCUT2D eigenvalue weighted by Crippen LogP contribution is 2.30. The highest BCUT2D eigenvalue weighted by Gasteiger charge is 2.15. The third kappa shape index (κ3) is 7.00. The number of carbonyl (C=O) groups is 2. The number of esters is 1. The lowest BCUT2D eigenvalue weighted by atomic mass is 10.1. The molecule has 0 aliphatic rings. The topological polar surface area (TPSA) is 111 Å². The Morgan fingerprint density at radius 1 is 1.06 bits per heavy atom. The second-order valence-electron chi connectivity index (χ2n) is 8.04. The zero-order valence-corrected chi connectivity index (χ0v) is 20.7. The van der Waals surface area contributed by atoms with E-state index in [2.05, 4.69) is 5.32 Å². The molecule has 0 atom stereocenters. The molecule has 3 rings (SSSR count). The fourth-order valence-corrected chi connectivity index (χ4v) is 3.40. The Balaban J connectivity index is 1.69. The summed E-state index contributed by atoms with van der Waals surface area (Å²) in [4.78, 5) is 24.9.